The first kappa shape index (κ1) is 12.5. The minimum Gasteiger partial charge on any atom is -0.452 e. The Morgan fingerprint density at radius 3 is 2.88 bits per heavy atom. The molecule has 4 nitrogen and oxygen atoms in total. The van der Waals surface area contributed by atoms with Crippen molar-refractivity contribution in [2.75, 3.05) is 19.6 Å². The van der Waals surface area contributed by atoms with Crippen LogP contribution in [-0.4, -0.2) is 36.5 Å². The summed E-state index contributed by atoms with van der Waals surface area (Å²) in [5, 5.41) is 3.03. The van der Waals surface area contributed by atoms with E-state index in [0.29, 0.717) is 18.2 Å². The van der Waals surface area contributed by atoms with Gasteiger partial charge in [-0.1, -0.05) is 0 Å². The summed E-state index contributed by atoms with van der Waals surface area (Å²) in [5.74, 6) is -0.171. The summed E-state index contributed by atoms with van der Waals surface area (Å²) in [7, 11) is 0. The van der Waals surface area contributed by atoms with E-state index in [9.17, 15) is 4.79 Å². The number of nitrogens with zero attached hydrogens (tertiary/aromatic N) is 1. The van der Waals surface area contributed by atoms with Crippen LogP contribution in [0, 0.1) is 0 Å². The van der Waals surface area contributed by atoms with Crippen molar-refractivity contribution >= 4 is 17.5 Å². The summed E-state index contributed by atoms with van der Waals surface area (Å²) in [6.45, 7) is 5.02. The van der Waals surface area contributed by atoms with Gasteiger partial charge in [0, 0.05) is 12.6 Å². The van der Waals surface area contributed by atoms with Crippen LogP contribution >= 0.6 is 11.6 Å². The highest BCUT2D eigenvalue weighted by Gasteiger charge is 2.19. The fraction of sp³-hybridized carbons (Fsp3) is 0.583. The van der Waals surface area contributed by atoms with E-state index in [4.69, 9.17) is 16.0 Å². The fourth-order valence-electron chi connectivity index (χ4n) is 2.10. The SMILES string of the molecule is CC(CNC(=O)c1ccoc1Cl)N1CCCC1. The van der Waals surface area contributed by atoms with Gasteiger partial charge in [0.15, 0.2) is 0 Å². The van der Waals surface area contributed by atoms with Crippen LogP contribution < -0.4 is 5.32 Å². The average molecular weight is 257 g/mol. The first-order valence-corrected chi connectivity index (χ1v) is 6.31. The van der Waals surface area contributed by atoms with Crippen molar-refractivity contribution in [2.24, 2.45) is 0 Å². The lowest BCUT2D eigenvalue weighted by Gasteiger charge is -2.23. The van der Waals surface area contributed by atoms with E-state index in [1.165, 1.54) is 19.1 Å². The molecule has 5 heteroatoms. The molecule has 17 heavy (non-hydrogen) atoms. The largest absolute Gasteiger partial charge is 0.452 e. The number of furan rings is 1. The van der Waals surface area contributed by atoms with Gasteiger partial charge in [0.05, 0.1) is 11.8 Å². The van der Waals surface area contributed by atoms with Crippen molar-refractivity contribution in [1.82, 2.24) is 10.2 Å². The van der Waals surface area contributed by atoms with Crippen LogP contribution in [0.2, 0.25) is 5.22 Å². The number of amides is 1. The first-order valence-electron chi connectivity index (χ1n) is 5.93. The van der Waals surface area contributed by atoms with Crippen molar-refractivity contribution in [3.05, 3.63) is 23.1 Å². The highest BCUT2D eigenvalue weighted by molar-refractivity contribution is 6.32. The molecule has 1 fully saturated rings. The monoisotopic (exact) mass is 256 g/mol. The quantitative estimate of drug-likeness (QED) is 0.898. The predicted octanol–water partition coefficient (Wildman–Crippen LogP) is 2.15. The van der Waals surface area contributed by atoms with Gasteiger partial charge in [0.2, 0.25) is 5.22 Å². The number of likely N-dealkylation sites (tertiary alicyclic amines) is 1. The lowest BCUT2D eigenvalue weighted by atomic mass is 10.2. The highest BCUT2D eigenvalue weighted by Crippen LogP contribution is 2.16. The molecule has 1 aliphatic heterocycles. The van der Waals surface area contributed by atoms with Crippen molar-refractivity contribution in [3.8, 4) is 0 Å². The topological polar surface area (TPSA) is 45.5 Å². The molecule has 0 saturated carbocycles. The summed E-state index contributed by atoms with van der Waals surface area (Å²) >= 11 is 5.74. The second-order valence-electron chi connectivity index (χ2n) is 4.41. The first-order chi connectivity index (χ1) is 8.18. The van der Waals surface area contributed by atoms with Crippen molar-refractivity contribution in [1.29, 1.82) is 0 Å². The molecule has 1 aromatic heterocycles. The number of rotatable bonds is 4. The third-order valence-electron chi connectivity index (χ3n) is 3.18. The Morgan fingerprint density at radius 1 is 1.59 bits per heavy atom. The molecule has 0 bridgehead atoms. The van der Waals surface area contributed by atoms with Gasteiger partial charge < -0.3 is 9.73 Å². The van der Waals surface area contributed by atoms with Crippen LogP contribution in [0.1, 0.15) is 30.1 Å². The Kier molecular flexibility index (Phi) is 4.07. The Morgan fingerprint density at radius 2 is 2.29 bits per heavy atom. The fourth-order valence-corrected chi connectivity index (χ4v) is 2.30. The number of carbonyl (C=O) groups is 1. The third-order valence-corrected chi connectivity index (χ3v) is 3.48. The van der Waals surface area contributed by atoms with Crippen LogP contribution in [0.15, 0.2) is 16.7 Å². The van der Waals surface area contributed by atoms with Gasteiger partial charge in [-0.25, -0.2) is 0 Å². The van der Waals surface area contributed by atoms with E-state index in [1.807, 2.05) is 0 Å². The molecule has 1 N–H and O–H groups in total. The number of hydrogen-bond acceptors (Lipinski definition) is 3. The third kappa shape index (κ3) is 3.01. The molecule has 1 aromatic rings. The predicted molar refractivity (Wildman–Crippen MR) is 66.3 cm³/mol. The van der Waals surface area contributed by atoms with E-state index in [0.717, 1.165) is 13.1 Å². The van der Waals surface area contributed by atoms with E-state index in [1.54, 1.807) is 6.07 Å². The molecule has 94 valence electrons. The molecule has 1 aliphatic rings. The molecule has 1 atom stereocenters. The zero-order valence-corrected chi connectivity index (χ0v) is 10.7. The minimum absolute atomic E-state index is 0.149. The molecule has 0 spiro atoms. The van der Waals surface area contributed by atoms with E-state index < -0.39 is 0 Å². The minimum atomic E-state index is -0.171. The summed E-state index contributed by atoms with van der Waals surface area (Å²) < 4.78 is 4.89. The van der Waals surface area contributed by atoms with Crippen molar-refractivity contribution in [2.45, 2.75) is 25.8 Å². The Hall–Kier alpha value is -1.00. The molecule has 0 aromatic carbocycles. The van der Waals surface area contributed by atoms with E-state index in [2.05, 4.69) is 17.1 Å². The Bertz CT molecular complexity index is 386. The van der Waals surface area contributed by atoms with Crippen molar-refractivity contribution < 1.29 is 9.21 Å². The number of nitrogens with one attached hydrogen (secondary N) is 1. The Balaban J connectivity index is 1.82. The van der Waals surface area contributed by atoms with Crippen LogP contribution in [0.3, 0.4) is 0 Å². The summed E-state index contributed by atoms with van der Waals surface area (Å²) in [4.78, 5) is 14.2. The number of halogens is 1. The molecule has 2 heterocycles. The molecule has 1 unspecified atom stereocenters. The lowest BCUT2D eigenvalue weighted by molar-refractivity contribution is 0.0940. The molecular formula is C12H17ClN2O2. The van der Waals surface area contributed by atoms with Gasteiger partial charge in [-0.05, 0) is 50.5 Å². The second-order valence-corrected chi connectivity index (χ2v) is 4.75. The standard InChI is InChI=1S/C12H17ClN2O2/c1-9(15-5-2-3-6-15)8-14-12(16)10-4-7-17-11(10)13/h4,7,9H,2-3,5-6,8H2,1H3,(H,14,16). The lowest BCUT2D eigenvalue weighted by Crippen LogP contribution is -2.40. The zero-order valence-electron chi connectivity index (χ0n) is 9.91. The molecule has 0 aliphatic carbocycles. The van der Waals surface area contributed by atoms with Gasteiger partial charge in [0.1, 0.15) is 0 Å². The summed E-state index contributed by atoms with van der Waals surface area (Å²) in [6.07, 6.45) is 3.93. The summed E-state index contributed by atoms with van der Waals surface area (Å²) in [6, 6.07) is 1.95. The molecule has 1 amide bonds. The van der Waals surface area contributed by atoms with Crippen molar-refractivity contribution in [3.63, 3.8) is 0 Å². The maximum atomic E-state index is 11.8. The zero-order chi connectivity index (χ0) is 12.3. The molecule has 2 rings (SSSR count). The summed E-state index contributed by atoms with van der Waals surface area (Å²) in [5.41, 5.74) is 0.403. The van der Waals surface area contributed by atoms with Gasteiger partial charge in [-0.2, -0.15) is 0 Å². The Labute approximate surface area is 106 Å². The van der Waals surface area contributed by atoms with Gasteiger partial charge >= 0.3 is 0 Å². The van der Waals surface area contributed by atoms with Crippen LogP contribution in [-0.2, 0) is 0 Å². The smallest absolute Gasteiger partial charge is 0.256 e. The number of carbonyl (C=O) groups excluding carboxylic acids is 1. The van der Waals surface area contributed by atoms with Gasteiger partial charge in [-0.3, -0.25) is 9.69 Å². The normalized spacial score (nSPS) is 18.2. The van der Waals surface area contributed by atoms with Gasteiger partial charge in [0.25, 0.3) is 5.91 Å². The molecule has 1 saturated heterocycles. The molecule has 0 radical (unpaired) electrons. The van der Waals surface area contributed by atoms with E-state index in [-0.39, 0.29) is 11.1 Å². The average Bonchev–Trinajstić information content (AvgIpc) is 2.95. The van der Waals surface area contributed by atoms with E-state index >= 15 is 0 Å². The van der Waals surface area contributed by atoms with Crippen LogP contribution in [0.4, 0.5) is 0 Å². The second kappa shape index (κ2) is 5.56. The van der Waals surface area contributed by atoms with Crippen LogP contribution in [0.25, 0.3) is 0 Å². The van der Waals surface area contributed by atoms with Crippen LogP contribution in [0.5, 0.6) is 0 Å². The maximum Gasteiger partial charge on any atom is 0.256 e. The maximum absolute atomic E-state index is 11.8. The highest BCUT2D eigenvalue weighted by atomic mass is 35.5. The molecular weight excluding hydrogens is 240 g/mol. The number of hydrogen-bond donors (Lipinski definition) is 1. The van der Waals surface area contributed by atoms with Gasteiger partial charge in [-0.15, -0.1) is 0 Å².